The van der Waals surface area contributed by atoms with Crippen LogP contribution >= 0.6 is 0 Å². The third kappa shape index (κ3) is 2.07. The van der Waals surface area contributed by atoms with Crippen LogP contribution in [0.15, 0.2) is 24.3 Å². The van der Waals surface area contributed by atoms with Crippen molar-refractivity contribution in [2.75, 3.05) is 6.61 Å². The van der Waals surface area contributed by atoms with E-state index in [-0.39, 0.29) is 17.7 Å². The third-order valence-electron chi connectivity index (χ3n) is 4.37. The molecule has 100 valence electrons. The fourth-order valence-electron chi connectivity index (χ4n) is 3.61. The largest absolute Gasteiger partial charge is 0.465 e. The third-order valence-corrected chi connectivity index (χ3v) is 4.37. The number of Topliss-reactive ketones (excluding diaryl/α,β-unsaturated/α-hetero) is 1. The summed E-state index contributed by atoms with van der Waals surface area (Å²) < 4.78 is 5.07. The topological polar surface area (TPSA) is 43.4 Å². The molecule has 1 saturated carbocycles. The Morgan fingerprint density at radius 1 is 1.32 bits per heavy atom. The van der Waals surface area contributed by atoms with Crippen LogP contribution in [0.5, 0.6) is 0 Å². The predicted octanol–water partition coefficient (Wildman–Crippen LogP) is 2.48. The van der Waals surface area contributed by atoms with Gasteiger partial charge in [0.05, 0.1) is 6.61 Å². The van der Waals surface area contributed by atoms with Crippen LogP contribution in [-0.4, -0.2) is 18.4 Å². The fourth-order valence-corrected chi connectivity index (χ4v) is 3.61. The standard InChI is InChI=1S/C16H18O3/c1-2-19-16(18)15-12-7-10-5-3-4-6-13(10)11(8-12)9-14(15)17/h3-6,11-12,15H,2,7-9H2,1H3. The maximum Gasteiger partial charge on any atom is 0.316 e. The zero-order chi connectivity index (χ0) is 13.4. The van der Waals surface area contributed by atoms with E-state index in [9.17, 15) is 9.59 Å². The van der Waals surface area contributed by atoms with Gasteiger partial charge in [-0.3, -0.25) is 9.59 Å². The number of ether oxygens (including phenoxy) is 1. The molecule has 0 aromatic heterocycles. The van der Waals surface area contributed by atoms with Gasteiger partial charge in [-0.1, -0.05) is 24.3 Å². The fraction of sp³-hybridized carbons (Fsp3) is 0.500. The van der Waals surface area contributed by atoms with Gasteiger partial charge in [0.25, 0.3) is 0 Å². The smallest absolute Gasteiger partial charge is 0.316 e. The lowest BCUT2D eigenvalue weighted by Crippen LogP contribution is -2.42. The normalized spacial score (nSPS) is 28.7. The molecule has 0 amide bonds. The number of rotatable bonds is 2. The number of carbonyl (C=O) groups excluding carboxylic acids is 2. The summed E-state index contributed by atoms with van der Waals surface area (Å²) in [6.45, 7) is 2.12. The zero-order valence-electron chi connectivity index (χ0n) is 11.1. The van der Waals surface area contributed by atoms with Gasteiger partial charge in [-0.25, -0.2) is 0 Å². The molecule has 2 bridgehead atoms. The lowest BCUT2D eigenvalue weighted by atomic mass is 9.64. The minimum absolute atomic E-state index is 0.0641. The summed E-state index contributed by atoms with van der Waals surface area (Å²) in [6.07, 6.45) is 2.24. The molecule has 1 aromatic rings. The highest BCUT2D eigenvalue weighted by atomic mass is 16.5. The lowest BCUT2D eigenvalue weighted by molar-refractivity contribution is -0.155. The van der Waals surface area contributed by atoms with E-state index in [4.69, 9.17) is 4.74 Å². The van der Waals surface area contributed by atoms with Gasteiger partial charge in [0.1, 0.15) is 11.7 Å². The number of hydrogen-bond acceptors (Lipinski definition) is 3. The van der Waals surface area contributed by atoms with Gasteiger partial charge >= 0.3 is 5.97 Å². The number of benzene rings is 1. The van der Waals surface area contributed by atoms with Gasteiger partial charge in [0.15, 0.2) is 0 Å². The van der Waals surface area contributed by atoms with E-state index in [0.29, 0.717) is 18.9 Å². The molecular formula is C16H18O3. The number of esters is 1. The van der Waals surface area contributed by atoms with Gasteiger partial charge in [-0.05, 0) is 42.7 Å². The van der Waals surface area contributed by atoms with E-state index < -0.39 is 5.92 Å². The maximum atomic E-state index is 12.2. The zero-order valence-corrected chi connectivity index (χ0v) is 11.1. The van der Waals surface area contributed by atoms with E-state index in [1.54, 1.807) is 6.92 Å². The SMILES string of the molecule is CCOC(=O)C1C(=O)CC2CC1Cc1ccccc12. The van der Waals surface area contributed by atoms with Crippen LogP contribution in [0.1, 0.15) is 36.8 Å². The molecule has 2 aliphatic rings. The van der Waals surface area contributed by atoms with Crippen molar-refractivity contribution in [2.24, 2.45) is 11.8 Å². The van der Waals surface area contributed by atoms with Gasteiger partial charge < -0.3 is 4.74 Å². The second kappa shape index (κ2) is 4.80. The highest BCUT2D eigenvalue weighted by Crippen LogP contribution is 2.45. The summed E-state index contributed by atoms with van der Waals surface area (Å²) in [5, 5.41) is 0. The van der Waals surface area contributed by atoms with Crippen LogP contribution in [0, 0.1) is 11.8 Å². The first kappa shape index (κ1) is 12.4. The van der Waals surface area contributed by atoms with E-state index in [1.807, 2.05) is 12.1 Å². The van der Waals surface area contributed by atoms with Crippen LogP contribution in [-0.2, 0) is 20.7 Å². The number of ketones is 1. The van der Waals surface area contributed by atoms with Crippen molar-refractivity contribution in [3.8, 4) is 0 Å². The Balaban J connectivity index is 1.91. The molecule has 0 radical (unpaired) electrons. The second-order valence-corrected chi connectivity index (χ2v) is 5.50. The van der Waals surface area contributed by atoms with Crippen molar-refractivity contribution in [1.82, 2.24) is 0 Å². The first-order valence-corrected chi connectivity index (χ1v) is 6.97. The Morgan fingerprint density at radius 2 is 2.11 bits per heavy atom. The van der Waals surface area contributed by atoms with Crippen LogP contribution < -0.4 is 0 Å². The molecule has 2 aliphatic carbocycles. The number of hydrogen-bond donors (Lipinski definition) is 0. The Labute approximate surface area is 113 Å². The van der Waals surface area contributed by atoms with Crippen LogP contribution in [0.4, 0.5) is 0 Å². The molecule has 0 spiro atoms. The summed E-state index contributed by atoms with van der Waals surface area (Å²) >= 11 is 0. The second-order valence-electron chi connectivity index (χ2n) is 5.50. The monoisotopic (exact) mass is 258 g/mol. The van der Waals surface area contributed by atoms with Crippen molar-refractivity contribution >= 4 is 11.8 Å². The molecule has 0 saturated heterocycles. The van der Waals surface area contributed by atoms with Gasteiger partial charge in [-0.15, -0.1) is 0 Å². The quantitative estimate of drug-likeness (QED) is 0.604. The summed E-state index contributed by atoms with van der Waals surface area (Å²) in [4.78, 5) is 24.2. The van der Waals surface area contributed by atoms with Gasteiger partial charge in [-0.2, -0.15) is 0 Å². The Bertz CT molecular complexity index is 520. The Kier molecular flexibility index (Phi) is 3.13. The average Bonchev–Trinajstić information content (AvgIpc) is 2.38. The molecule has 0 aliphatic heterocycles. The molecule has 19 heavy (non-hydrogen) atoms. The Hall–Kier alpha value is -1.64. The molecule has 1 fully saturated rings. The van der Waals surface area contributed by atoms with E-state index in [0.717, 1.165) is 12.8 Å². The summed E-state index contributed by atoms with van der Waals surface area (Å²) in [5.41, 5.74) is 2.60. The van der Waals surface area contributed by atoms with Crippen LogP contribution in [0.2, 0.25) is 0 Å². The summed E-state index contributed by atoms with van der Waals surface area (Å²) in [6, 6.07) is 8.29. The van der Waals surface area contributed by atoms with Gasteiger partial charge in [0.2, 0.25) is 0 Å². The molecule has 3 heteroatoms. The van der Waals surface area contributed by atoms with Crippen LogP contribution in [0.25, 0.3) is 0 Å². The highest BCUT2D eigenvalue weighted by molar-refractivity contribution is 6.00. The van der Waals surface area contributed by atoms with Crippen molar-refractivity contribution in [3.63, 3.8) is 0 Å². The molecule has 3 nitrogen and oxygen atoms in total. The average molecular weight is 258 g/mol. The minimum Gasteiger partial charge on any atom is -0.465 e. The van der Waals surface area contributed by atoms with Gasteiger partial charge in [0, 0.05) is 6.42 Å². The van der Waals surface area contributed by atoms with Crippen molar-refractivity contribution in [1.29, 1.82) is 0 Å². The predicted molar refractivity (Wildman–Crippen MR) is 70.7 cm³/mol. The molecular weight excluding hydrogens is 240 g/mol. The van der Waals surface area contributed by atoms with Crippen molar-refractivity contribution in [2.45, 2.75) is 32.1 Å². The first-order valence-electron chi connectivity index (χ1n) is 6.97. The number of carbonyl (C=O) groups is 2. The molecule has 3 atom stereocenters. The van der Waals surface area contributed by atoms with Crippen molar-refractivity contribution < 1.29 is 14.3 Å². The minimum atomic E-state index is -0.537. The molecule has 0 heterocycles. The first-order chi connectivity index (χ1) is 9.20. The highest BCUT2D eigenvalue weighted by Gasteiger charge is 2.45. The van der Waals surface area contributed by atoms with Crippen molar-refractivity contribution in [3.05, 3.63) is 35.4 Å². The van der Waals surface area contributed by atoms with E-state index in [1.165, 1.54) is 11.1 Å². The van der Waals surface area contributed by atoms with E-state index >= 15 is 0 Å². The van der Waals surface area contributed by atoms with Crippen LogP contribution in [0.3, 0.4) is 0 Å². The molecule has 0 N–H and O–H groups in total. The molecule has 1 aromatic carbocycles. The van der Waals surface area contributed by atoms with E-state index in [2.05, 4.69) is 12.1 Å². The molecule has 3 unspecified atom stereocenters. The summed E-state index contributed by atoms with van der Waals surface area (Å²) in [5.74, 6) is -0.373. The number of fused-ring (bicyclic) bond motifs is 4. The Morgan fingerprint density at radius 3 is 2.89 bits per heavy atom. The molecule has 3 rings (SSSR count). The lowest BCUT2D eigenvalue weighted by Gasteiger charge is -2.39. The summed E-state index contributed by atoms with van der Waals surface area (Å²) in [7, 11) is 0. The maximum absolute atomic E-state index is 12.2.